The lowest BCUT2D eigenvalue weighted by molar-refractivity contribution is -0.141. The number of carbonyl (C=O) groups is 2. The third-order valence-corrected chi connectivity index (χ3v) is 5.71. The molecule has 9 heteroatoms. The van der Waals surface area contributed by atoms with Crippen LogP contribution in [0.3, 0.4) is 0 Å². The van der Waals surface area contributed by atoms with Crippen molar-refractivity contribution >= 4 is 45.2 Å². The number of ether oxygens (including phenoxy) is 2. The van der Waals surface area contributed by atoms with E-state index in [1.165, 1.54) is 11.3 Å². The van der Waals surface area contributed by atoms with Crippen molar-refractivity contribution in [2.45, 2.75) is 25.3 Å². The van der Waals surface area contributed by atoms with Crippen molar-refractivity contribution in [2.75, 3.05) is 6.61 Å². The van der Waals surface area contributed by atoms with Crippen LogP contribution in [0.15, 0.2) is 48.5 Å². The minimum atomic E-state index is -0.678. The van der Waals surface area contributed by atoms with Gasteiger partial charge in [-0.1, -0.05) is 36.4 Å². The molecule has 0 bridgehead atoms. The van der Waals surface area contributed by atoms with Gasteiger partial charge in [0.1, 0.15) is 17.5 Å². The summed E-state index contributed by atoms with van der Waals surface area (Å²) in [4.78, 5) is 27.9. The molecule has 0 spiro atoms. The van der Waals surface area contributed by atoms with Crippen molar-refractivity contribution in [1.82, 2.24) is 10.3 Å². The number of fused-ring (bicyclic) bond motifs is 1. The molecule has 8 nitrogen and oxygen atoms in total. The Hall–Kier alpha value is -3.59. The van der Waals surface area contributed by atoms with E-state index in [0.29, 0.717) is 11.4 Å². The van der Waals surface area contributed by atoms with Crippen molar-refractivity contribution in [1.29, 1.82) is 10.8 Å². The number of nitrogens with one attached hydrogen (secondary N) is 3. The summed E-state index contributed by atoms with van der Waals surface area (Å²) in [5.41, 5.74) is 3.05. The molecule has 1 fully saturated rings. The fraction of sp³-hybridized carbons (Fsp3) is 0.227. The summed E-state index contributed by atoms with van der Waals surface area (Å²) in [5, 5.41) is 19.0. The molecule has 1 amide bonds. The van der Waals surface area contributed by atoms with E-state index in [-0.39, 0.29) is 31.2 Å². The van der Waals surface area contributed by atoms with Crippen molar-refractivity contribution < 1.29 is 19.1 Å². The molecule has 1 aliphatic heterocycles. The normalized spacial score (nSPS) is 15.5. The van der Waals surface area contributed by atoms with E-state index in [1.54, 1.807) is 0 Å². The first-order valence-electron chi connectivity index (χ1n) is 9.71. The summed E-state index contributed by atoms with van der Waals surface area (Å²) in [6.07, 6.45) is 0.184. The highest BCUT2D eigenvalue weighted by Crippen LogP contribution is 2.28. The lowest BCUT2D eigenvalue weighted by atomic mass is 10.1. The van der Waals surface area contributed by atoms with Crippen LogP contribution in [0.5, 0.6) is 0 Å². The number of aromatic nitrogens is 1. The molecule has 1 saturated heterocycles. The van der Waals surface area contributed by atoms with Gasteiger partial charge in [-0.05, 0) is 23.3 Å². The molecular formula is C22H20N4O4S. The lowest BCUT2D eigenvalue weighted by Gasteiger charge is -2.10. The number of rotatable bonds is 6. The van der Waals surface area contributed by atoms with Gasteiger partial charge in [0.05, 0.1) is 23.2 Å². The van der Waals surface area contributed by atoms with Crippen LogP contribution in [0.25, 0.3) is 21.3 Å². The highest BCUT2D eigenvalue weighted by atomic mass is 32.1. The summed E-state index contributed by atoms with van der Waals surface area (Å²) in [7, 11) is 0. The smallest absolute Gasteiger partial charge is 0.328 e. The molecule has 1 atom stereocenters. The number of nitrogens with zero attached hydrogens (tertiary/aromatic N) is 1. The number of benzene rings is 2. The molecule has 158 valence electrons. The first kappa shape index (κ1) is 20.7. The number of carbonyl (C=O) groups excluding carboxylic acids is 2. The first-order chi connectivity index (χ1) is 15.0. The zero-order valence-corrected chi connectivity index (χ0v) is 17.3. The van der Waals surface area contributed by atoms with E-state index in [0.717, 1.165) is 21.3 Å². The molecule has 0 aliphatic carbocycles. The van der Waals surface area contributed by atoms with Gasteiger partial charge in [-0.2, -0.15) is 0 Å². The molecule has 3 N–H and O–H groups in total. The molecule has 31 heavy (non-hydrogen) atoms. The standard InChI is InChI=1S/C22H20N4O4S/c23-18(11-20(27)25-16-8-9-29-22(16)28)30-19(24)12-21-26-15-7-6-14(10-17(15)31-21)13-4-2-1-3-5-13/h1-7,10,16,23-24H,8-9,11-12H2,(H,25,27). The van der Waals surface area contributed by atoms with Crippen molar-refractivity contribution in [2.24, 2.45) is 0 Å². The molecule has 3 aromatic rings. The number of esters is 1. The molecule has 1 unspecified atom stereocenters. The van der Waals surface area contributed by atoms with Crippen LogP contribution in [0.2, 0.25) is 0 Å². The number of hydrogen-bond acceptors (Lipinski definition) is 8. The number of cyclic esters (lactones) is 1. The molecule has 4 rings (SSSR count). The van der Waals surface area contributed by atoms with Crippen LogP contribution in [-0.4, -0.2) is 41.3 Å². The number of thiazole rings is 1. The van der Waals surface area contributed by atoms with Gasteiger partial charge >= 0.3 is 5.97 Å². The number of hydrogen-bond donors (Lipinski definition) is 3. The maximum absolute atomic E-state index is 11.9. The van der Waals surface area contributed by atoms with Crippen molar-refractivity contribution in [3.8, 4) is 11.1 Å². The van der Waals surface area contributed by atoms with Gasteiger partial charge in [-0.3, -0.25) is 15.6 Å². The highest BCUT2D eigenvalue weighted by molar-refractivity contribution is 7.18. The molecule has 1 aromatic heterocycles. The van der Waals surface area contributed by atoms with E-state index >= 15 is 0 Å². The quantitative estimate of drug-likeness (QED) is 0.311. The zero-order chi connectivity index (χ0) is 21.8. The highest BCUT2D eigenvalue weighted by Gasteiger charge is 2.28. The topological polar surface area (TPSA) is 125 Å². The van der Waals surface area contributed by atoms with Crippen LogP contribution < -0.4 is 5.32 Å². The van der Waals surface area contributed by atoms with Gasteiger partial charge in [0.15, 0.2) is 11.8 Å². The Morgan fingerprint density at radius 1 is 1.16 bits per heavy atom. The maximum Gasteiger partial charge on any atom is 0.328 e. The summed E-state index contributed by atoms with van der Waals surface area (Å²) in [6.45, 7) is 0.275. The predicted molar refractivity (Wildman–Crippen MR) is 117 cm³/mol. The van der Waals surface area contributed by atoms with Crippen LogP contribution in [-0.2, 0) is 25.5 Å². The Balaban J connectivity index is 1.33. The van der Waals surface area contributed by atoms with Gasteiger partial charge in [-0.25, -0.2) is 9.78 Å². The third-order valence-electron chi connectivity index (χ3n) is 4.69. The summed E-state index contributed by atoms with van der Waals surface area (Å²) in [6, 6.07) is 15.4. The van der Waals surface area contributed by atoms with E-state index in [2.05, 4.69) is 16.4 Å². The number of amides is 1. The first-order valence-corrected chi connectivity index (χ1v) is 10.5. The lowest BCUT2D eigenvalue weighted by Crippen LogP contribution is -2.39. The van der Waals surface area contributed by atoms with E-state index < -0.39 is 17.9 Å². The fourth-order valence-corrected chi connectivity index (χ4v) is 4.24. The Labute approximate surface area is 182 Å². The maximum atomic E-state index is 11.9. The van der Waals surface area contributed by atoms with Crippen molar-refractivity contribution in [3.05, 3.63) is 53.5 Å². The Kier molecular flexibility index (Phi) is 6.03. The molecule has 1 aliphatic rings. The largest absolute Gasteiger partial charge is 0.464 e. The monoisotopic (exact) mass is 436 g/mol. The molecule has 2 heterocycles. The van der Waals surface area contributed by atoms with Crippen LogP contribution in [0, 0.1) is 10.8 Å². The van der Waals surface area contributed by atoms with E-state index in [1.807, 2.05) is 42.5 Å². The average Bonchev–Trinajstić information content (AvgIpc) is 3.32. The fourth-order valence-electron chi connectivity index (χ4n) is 3.23. The van der Waals surface area contributed by atoms with Gasteiger partial charge in [-0.15, -0.1) is 11.3 Å². The summed E-state index contributed by atoms with van der Waals surface area (Å²) >= 11 is 1.46. The van der Waals surface area contributed by atoms with Gasteiger partial charge < -0.3 is 14.8 Å². The minimum Gasteiger partial charge on any atom is -0.464 e. The Bertz CT molecular complexity index is 1160. The molecule has 2 aromatic carbocycles. The summed E-state index contributed by atoms with van der Waals surface area (Å²) < 4.78 is 10.9. The molecular weight excluding hydrogens is 416 g/mol. The van der Waals surface area contributed by atoms with E-state index in [4.69, 9.17) is 20.3 Å². The van der Waals surface area contributed by atoms with Crippen LogP contribution in [0.4, 0.5) is 0 Å². The zero-order valence-electron chi connectivity index (χ0n) is 16.5. The molecule has 0 saturated carbocycles. The van der Waals surface area contributed by atoms with Gasteiger partial charge in [0, 0.05) is 6.42 Å². The second-order valence-electron chi connectivity index (χ2n) is 7.03. The van der Waals surface area contributed by atoms with Crippen molar-refractivity contribution in [3.63, 3.8) is 0 Å². The van der Waals surface area contributed by atoms with Gasteiger partial charge in [0.25, 0.3) is 0 Å². The van der Waals surface area contributed by atoms with Crippen LogP contribution in [0.1, 0.15) is 17.8 Å². The second kappa shape index (κ2) is 9.05. The molecule has 0 radical (unpaired) electrons. The third kappa shape index (κ3) is 5.13. The second-order valence-corrected chi connectivity index (χ2v) is 8.15. The van der Waals surface area contributed by atoms with Crippen LogP contribution >= 0.6 is 11.3 Å². The SMILES string of the molecule is N=C(CC(=O)NC1CCOC1=O)OC(=N)Cc1nc2ccc(-c3ccccc3)cc2s1. The van der Waals surface area contributed by atoms with Gasteiger partial charge in [0.2, 0.25) is 5.91 Å². The summed E-state index contributed by atoms with van der Waals surface area (Å²) in [5.74, 6) is -1.52. The predicted octanol–water partition coefficient (Wildman–Crippen LogP) is 3.30. The minimum absolute atomic E-state index is 0.124. The Morgan fingerprint density at radius 2 is 1.97 bits per heavy atom. The average molecular weight is 436 g/mol. The van der Waals surface area contributed by atoms with E-state index in [9.17, 15) is 9.59 Å². The Morgan fingerprint density at radius 3 is 2.71 bits per heavy atom.